The summed E-state index contributed by atoms with van der Waals surface area (Å²) in [6.45, 7) is 0. The second kappa shape index (κ2) is 8.04. The summed E-state index contributed by atoms with van der Waals surface area (Å²) < 4.78 is 5.25. The molecule has 108 valence electrons. The fraction of sp³-hybridized carbons (Fsp3) is 0.375. The van der Waals surface area contributed by atoms with Crippen molar-refractivity contribution in [3.05, 3.63) is 52.2 Å². The average Bonchev–Trinajstić information content (AvgIpc) is 2.99. The van der Waals surface area contributed by atoms with Crippen LogP contribution in [0.3, 0.4) is 0 Å². The summed E-state index contributed by atoms with van der Waals surface area (Å²) in [5.41, 5.74) is 4.18. The average molecular weight is 290 g/mol. The first-order valence-corrected chi connectivity index (χ1v) is 7.81. The fourth-order valence-corrected chi connectivity index (χ4v) is 3.06. The molecule has 3 N–H and O–H groups in total. The summed E-state index contributed by atoms with van der Waals surface area (Å²) in [5.74, 6) is 6.57. The van der Waals surface area contributed by atoms with Crippen LogP contribution in [-0.2, 0) is 12.8 Å². The van der Waals surface area contributed by atoms with E-state index in [0.717, 1.165) is 31.4 Å². The monoisotopic (exact) mass is 290 g/mol. The minimum atomic E-state index is 0.307. The standard InChI is InChI=1S/C16H22N2OS/c1-19-15-7-2-5-13(12-15)11-14(18-17)6-3-8-16-9-4-10-20-16/h2,4-5,7,9-10,12,14,18H,3,6,8,11,17H2,1H3. The first-order chi connectivity index (χ1) is 9.81. The van der Waals surface area contributed by atoms with Gasteiger partial charge in [-0.3, -0.25) is 11.3 Å². The Bertz CT molecular complexity index is 499. The van der Waals surface area contributed by atoms with Gasteiger partial charge in [0.25, 0.3) is 0 Å². The van der Waals surface area contributed by atoms with Crippen LogP contribution < -0.4 is 16.0 Å². The van der Waals surface area contributed by atoms with Gasteiger partial charge < -0.3 is 4.74 Å². The third-order valence-corrected chi connectivity index (χ3v) is 4.34. The highest BCUT2D eigenvalue weighted by atomic mass is 32.1. The number of rotatable bonds is 8. The molecule has 0 aliphatic heterocycles. The van der Waals surface area contributed by atoms with Gasteiger partial charge in [-0.2, -0.15) is 0 Å². The molecule has 1 heterocycles. The van der Waals surface area contributed by atoms with Crippen LogP contribution in [0.4, 0.5) is 0 Å². The van der Waals surface area contributed by atoms with E-state index in [0.29, 0.717) is 6.04 Å². The predicted octanol–water partition coefficient (Wildman–Crippen LogP) is 3.15. The maximum atomic E-state index is 5.67. The second-order valence-corrected chi connectivity index (χ2v) is 5.92. The highest BCUT2D eigenvalue weighted by Gasteiger charge is 2.08. The molecule has 0 spiro atoms. The summed E-state index contributed by atoms with van der Waals surface area (Å²) in [6.07, 6.45) is 4.29. The lowest BCUT2D eigenvalue weighted by molar-refractivity contribution is 0.413. The van der Waals surface area contributed by atoms with Crippen molar-refractivity contribution in [2.75, 3.05) is 7.11 Å². The SMILES string of the molecule is COc1cccc(CC(CCCc2cccs2)NN)c1. The van der Waals surface area contributed by atoms with Crippen molar-refractivity contribution in [2.45, 2.75) is 31.7 Å². The van der Waals surface area contributed by atoms with Gasteiger partial charge in [0.05, 0.1) is 7.11 Å². The van der Waals surface area contributed by atoms with E-state index in [2.05, 4.69) is 35.1 Å². The van der Waals surface area contributed by atoms with Gasteiger partial charge >= 0.3 is 0 Å². The summed E-state index contributed by atoms with van der Waals surface area (Å²) in [7, 11) is 1.69. The van der Waals surface area contributed by atoms with Crippen LogP contribution in [0.2, 0.25) is 0 Å². The van der Waals surface area contributed by atoms with Gasteiger partial charge in [-0.05, 0) is 54.8 Å². The number of nitrogens with one attached hydrogen (secondary N) is 1. The molecule has 0 saturated heterocycles. The van der Waals surface area contributed by atoms with Crippen LogP contribution in [0, 0.1) is 0 Å². The number of hydrogen-bond donors (Lipinski definition) is 2. The molecule has 0 amide bonds. The molecule has 1 aromatic carbocycles. The minimum absolute atomic E-state index is 0.307. The van der Waals surface area contributed by atoms with Gasteiger partial charge in [-0.1, -0.05) is 18.2 Å². The summed E-state index contributed by atoms with van der Waals surface area (Å²) >= 11 is 1.82. The molecule has 1 aromatic heterocycles. The topological polar surface area (TPSA) is 47.3 Å². The molecule has 2 rings (SSSR count). The lowest BCUT2D eigenvalue weighted by atomic mass is 10.0. The van der Waals surface area contributed by atoms with E-state index in [4.69, 9.17) is 10.6 Å². The fourth-order valence-electron chi connectivity index (χ4n) is 2.31. The normalized spacial score (nSPS) is 12.3. The predicted molar refractivity (Wildman–Crippen MR) is 85.1 cm³/mol. The van der Waals surface area contributed by atoms with Crippen LogP contribution in [0.1, 0.15) is 23.3 Å². The number of nitrogens with two attached hydrogens (primary N) is 1. The zero-order valence-electron chi connectivity index (χ0n) is 11.8. The van der Waals surface area contributed by atoms with Crippen LogP contribution in [0.5, 0.6) is 5.75 Å². The van der Waals surface area contributed by atoms with Crippen molar-refractivity contribution in [3.8, 4) is 5.75 Å². The number of thiophene rings is 1. The van der Waals surface area contributed by atoms with E-state index in [1.165, 1.54) is 10.4 Å². The van der Waals surface area contributed by atoms with Crippen molar-refractivity contribution in [1.82, 2.24) is 5.43 Å². The number of hydrazine groups is 1. The van der Waals surface area contributed by atoms with E-state index < -0.39 is 0 Å². The Labute approximate surface area is 124 Å². The second-order valence-electron chi connectivity index (χ2n) is 4.89. The summed E-state index contributed by atoms with van der Waals surface area (Å²) in [5, 5.41) is 2.13. The zero-order chi connectivity index (χ0) is 14.2. The van der Waals surface area contributed by atoms with Crippen molar-refractivity contribution < 1.29 is 4.74 Å². The van der Waals surface area contributed by atoms with Crippen LogP contribution >= 0.6 is 11.3 Å². The van der Waals surface area contributed by atoms with Gasteiger partial charge in [0.2, 0.25) is 0 Å². The number of hydrogen-bond acceptors (Lipinski definition) is 4. The number of aryl methyl sites for hydroxylation is 1. The van der Waals surface area contributed by atoms with Gasteiger partial charge in [-0.15, -0.1) is 11.3 Å². The van der Waals surface area contributed by atoms with E-state index in [1.807, 2.05) is 23.5 Å². The Morgan fingerprint density at radius 3 is 2.90 bits per heavy atom. The minimum Gasteiger partial charge on any atom is -0.497 e. The quantitative estimate of drug-likeness (QED) is 0.580. The van der Waals surface area contributed by atoms with Crippen molar-refractivity contribution in [3.63, 3.8) is 0 Å². The molecule has 0 bridgehead atoms. The largest absolute Gasteiger partial charge is 0.497 e. The van der Waals surface area contributed by atoms with E-state index >= 15 is 0 Å². The maximum absolute atomic E-state index is 5.67. The molecule has 3 nitrogen and oxygen atoms in total. The van der Waals surface area contributed by atoms with Gasteiger partial charge in [0, 0.05) is 10.9 Å². The Balaban J connectivity index is 1.81. The smallest absolute Gasteiger partial charge is 0.119 e. The van der Waals surface area contributed by atoms with E-state index in [-0.39, 0.29) is 0 Å². The number of benzene rings is 1. The molecule has 0 radical (unpaired) electrons. The molecular weight excluding hydrogens is 268 g/mol. The number of methoxy groups -OCH3 is 1. The molecule has 0 fully saturated rings. The Hall–Kier alpha value is -1.36. The van der Waals surface area contributed by atoms with Gasteiger partial charge in [0.15, 0.2) is 0 Å². The zero-order valence-corrected chi connectivity index (χ0v) is 12.7. The Morgan fingerprint density at radius 2 is 2.20 bits per heavy atom. The van der Waals surface area contributed by atoms with Crippen LogP contribution in [-0.4, -0.2) is 13.2 Å². The molecule has 4 heteroatoms. The lowest BCUT2D eigenvalue weighted by Gasteiger charge is -2.16. The molecule has 1 atom stereocenters. The molecule has 1 unspecified atom stereocenters. The molecule has 0 aliphatic carbocycles. The highest BCUT2D eigenvalue weighted by Crippen LogP contribution is 2.17. The van der Waals surface area contributed by atoms with Crippen molar-refractivity contribution in [2.24, 2.45) is 5.84 Å². The molecular formula is C16H22N2OS. The van der Waals surface area contributed by atoms with Gasteiger partial charge in [-0.25, -0.2) is 0 Å². The molecule has 20 heavy (non-hydrogen) atoms. The van der Waals surface area contributed by atoms with Gasteiger partial charge in [0.1, 0.15) is 5.75 Å². The lowest BCUT2D eigenvalue weighted by Crippen LogP contribution is -2.36. The molecule has 0 aliphatic rings. The van der Waals surface area contributed by atoms with Crippen molar-refractivity contribution in [1.29, 1.82) is 0 Å². The van der Waals surface area contributed by atoms with Crippen LogP contribution in [0.15, 0.2) is 41.8 Å². The Morgan fingerprint density at radius 1 is 1.30 bits per heavy atom. The third kappa shape index (κ3) is 4.63. The third-order valence-electron chi connectivity index (χ3n) is 3.41. The van der Waals surface area contributed by atoms with E-state index in [1.54, 1.807) is 7.11 Å². The molecule has 0 saturated carbocycles. The number of ether oxygens (including phenoxy) is 1. The first-order valence-electron chi connectivity index (χ1n) is 6.93. The molecule has 2 aromatic rings. The Kier molecular flexibility index (Phi) is 6.05. The van der Waals surface area contributed by atoms with Crippen molar-refractivity contribution >= 4 is 11.3 Å². The summed E-state index contributed by atoms with van der Waals surface area (Å²) in [6, 6.07) is 12.8. The maximum Gasteiger partial charge on any atom is 0.119 e. The first kappa shape index (κ1) is 15.0. The van der Waals surface area contributed by atoms with Crippen LogP contribution in [0.25, 0.3) is 0 Å². The van der Waals surface area contributed by atoms with E-state index in [9.17, 15) is 0 Å². The highest BCUT2D eigenvalue weighted by molar-refractivity contribution is 7.09. The summed E-state index contributed by atoms with van der Waals surface area (Å²) in [4.78, 5) is 1.45.